The van der Waals surface area contributed by atoms with Gasteiger partial charge < -0.3 is 14.5 Å². The second-order valence-electron chi connectivity index (χ2n) is 6.89. The second kappa shape index (κ2) is 6.96. The lowest BCUT2D eigenvalue weighted by atomic mass is 10.1. The van der Waals surface area contributed by atoms with Gasteiger partial charge in [-0.3, -0.25) is 0 Å². The summed E-state index contributed by atoms with van der Waals surface area (Å²) in [6.45, 7) is 3.24. The Labute approximate surface area is 159 Å². The van der Waals surface area contributed by atoms with Gasteiger partial charge >= 0.3 is 12.1 Å². The molecule has 148 valence electrons. The molecule has 9 heteroatoms. The molecule has 28 heavy (non-hydrogen) atoms. The largest absolute Gasteiger partial charge is 0.462 e. The molecule has 1 aromatic carbocycles. The lowest BCUT2D eigenvalue weighted by molar-refractivity contribution is -0.137. The molecule has 2 aliphatic rings. The molecule has 0 amide bonds. The molecular formula is C19H19F3N4O2. The smallest absolute Gasteiger partial charge is 0.416 e. The van der Waals surface area contributed by atoms with E-state index in [0.717, 1.165) is 12.5 Å². The SMILES string of the molecule is CCOC(=O)c1cnc(N2C[C@@H]3C[C@H]2CN3c2cccc(C(F)(F)F)c2)nc1. The highest BCUT2D eigenvalue weighted by Gasteiger charge is 2.44. The molecule has 0 aliphatic carbocycles. The molecule has 0 spiro atoms. The number of benzene rings is 1. The van der Waals surface area contributed by atoms with Crippen LogP contribution in [0.15, 0.2) is 36.7 Å². The van der Waals surface area contributed by atoms with Crippen molar-refractivity contribution >= 4 is 17.6 Å². The van der Waals surface area contributed by atoms with Crippen LogP contribution in [0.2, 0.25) is 0 Å². The van der Waals surface area contributed by atoms with Crippen LogP contribution in [0, 0.1) is 0 Å². The van der Waals surface area contributed by atoms with Crippen LogP contribution in [-0.4, -0.2) is 47.7 Å². The van der Waals surface area contributed by atoms with Crippen molar-refractivity contribution in [2.45, 2.75) is 31.6 Å². The van der Waals surface area contributed by atoms with E-state index in [9.17, 15) is 18.0 Å². The van der Waals surface area contributed by atoms with Crippen LogP contribution in [-0.2, 0) is 10.9 Å². The van der Waals surface area contributed by atoms with Gasteiger partial charge in [0.05, 0.1) is 23.8 Å². The summed E-state index contributed by atoms with van der Waals surface area (Å²) >= 11 is 0. The lowest BCUT2D eigenvalue weighted by Gasteiger charge is -2.35. The van der Waals surface area contributed by atoms with Gasteiger partial charge in [0.2, 0.25) is 5.95 Å². The Kier molecular flexibility index (Phi) is 4.60. The van der Waals surface area contributed by atoms with Gasteiger partial charge in [-0.25, -0.2) is 14.8 Å². The van der Waals surface area contributed by atoms with E-state index in [4.69, 9.17) is 4.74 Å². The maximum absolute atomic E-state index is 13.0. The highest BCUT2D eigenvalue weighted by molar-refractivity contribution is 5.88. The number of piperazine rings is 1. The Morgan fingerprint density at radius 3 is 2.46 bits per heavy atom. The molecule has 2 aromatic rings. The number of halogens is 3. The quantitative estimate of drug-likeness (QED) is 0.745. The summed E-state index contributed by atoms with van der Waals surface area (Å²) in [4.78, 5) is 24.3. The predicted octanol–water partition coefficient (Wildman–Crippen LogP) is 3.14. The van der Waals surface area contributed by atoms with E-state index in [2.05, 4.69) is 9.97 Å². The van der Waals surface area contributed by atoms with Crippen molar-refractivity contribution in [3.8, 4) is 0 Å². The molecule has 6 nitrogen and oxygen atoms in total. The first kappa shape index (κ1) is 18.5. The molecule has 0 saturated carbocycles. The number of hydrogen-bond donors (Lipinski definition) is 0. The molecule has 0 unspecified atom stereocenters. The van der Waals surface area contributed by atoms with Gasteiger partial charge in [-0.1, -0.05) is 6.07 Å². The number of rotatable bonds is 4. The van der Waals surface area contributed by atoms with E-state index >= 15 is 0 Å². The van der Waals surface area contributed by atoms with Crippen molar-refractivity contribution in [1.29, 1.82) is 0 Å². The van der Waals surface area contributed by atoms with Gasteiger partial charge in [-0.15, -0.1) is 0 Å². The first-order chi connectivity index (χ1) is 13.4. The molecule has 0 radical (unpaired) electrons. The number of fused-ring (bicyclic) bond motifs is 2. The summed E-state index contributed by atoms with van der Waals surface area (Å²) in [6.07, 6.45) is -0.637. The molecule has 2 aliphatic heterocycles. The standard InChI is InChI=1S/C19H19F3N4O2/c1-2-28-17(27)12-8-23-18(24-9-12)26-11-15-7-16(26)10-25(15)14-5-3-4-13(6-14)19(20,21)22/h3-6,8-9,15-16H,2,7,10-11H2,1H3/t15-,16-/m0/s1. The molecule has 3 heterocycles. The Balaban J connectivity index is 1.47. The Morgan fingerprint density at radius 2 is 1.86 bits per heavy atom. The lowest BCUT2D eigenvalue weighted by Crippen LogP contribution is -2.47. The van der Waals surface area contributed by atoms with Crippen LogP contribution < -0.4 is 9.80 Å². The third-order valence-corrected chi connectivity index (χ3v) is 5.15. The van der Waals surface area contributed by atoms with Crippen molar-refractivity contribution in [3.63, 3.8) is 0 Å². The Bertz CT molecular complexity index is 872. The van der Waals surface area contributed by atoms with Crippen molar-refractivity contribution in [1.82, 2.24) is 9.97 Å². The summed E-state index contributed by atoms with van der Waals surface area (Å²) in [6, 6.07) is 5.66. The number of ether oxygens (including phenoxy) is 1. The van der Waals surface area contributed by atoms with E-state index in [1.54, 1.807) is 13.0 Å². The summed E-state index contributed by atoms with van der Waals surface area (Å²) in [5.74, 6) is 0.0527. The van der Waals surface area contributed by atoms with Crippen LogP contribution in [0.4, 0.5) is 24.8 Å². The number of esters is 1. The third-order valence-electron chi connectivity index (χ3n) is 5.15. The maximum atomic E-state index is 13.0. The number of carbonyl (C=O) groups excluding carboxylic acids is 1. The van der Waals surface area contributed by atoms with Crippen molar-refractivity contribution < 1.29 is 22.7 Å². The van der Waals surface area contributed by atoms with Crippen LogP contribution >= 0.6 is 0 Å². The fourth-order valence-corrected chi connectivity index (χ4v) is 3.88. The molecule has 2 saturated heterocycles. The predicted molar refractivity (Wildman–Crippen MR) is 96.3 cm³/mol. The topological polar surface area (TPSA) is 58.6 Å². The minimum atomic E-state index is -4.35. The first-order valence-electron chi connectivity index (χ1n) is 9.06. The number of carbonyl (C=O) groups is 1. The molecule has 2 atom stereocenters. The molecular weight excluding hydrogens is 373 g/mol. The Morgan fingerprint density at radius 1 is 1.18 bits per heavy atom. The van der Waals surface area contributed by atoms with Crippen LogP contribution in [0.5, 0.6) is 0 Å². The van der Waals surface area contributed by atoms with E-state index in [1.165, 1.54) is 24.5 Å². The van der Waals surface area contributed by atoms with Gasteiger partial charge in [0.1, 0.15) is 0 Å². The second-order valence-corrected chi connectivity index (χ2v) is 6.89. The zero-order valence-electron chi connectivity index (χ0n) is 15.2. The number of hydrogen-bond acceptors (Lipinski definition) is 6. The molecule has 1 aromatic heterocycles. The highest BCUT2D eigenvalue weighted by atomic mass is 19.4. The first-order valence-corrected chi connectivity index (χ1v) is 9.06. The molecule has 0 N–H and O–H groups in total. The van der Waals surface area contributed by atoms with Crippen LogP contribution in [0.1, 0.15) is 29.3 Å². The molecule has 2 bridgehead atoms. The fourth-order valence-electron chi connectivity index (χ4n) is 3.88. The van der Waals surface area contributed by atoms with E-state index in [1.807, 2.05) is 9.80 Å². The summed E-state index contributed by atoms with van der Waals surface area (Å²) in [7, 11) is 0. The summed E-state index contributed by atoms with van der Waals surface area (Å²) in [5.41, 5.74) is 0.239. The third kappa shape index (κ3) is 3.36. The zero-order valence-corrected chi connectivity index (χ0v) is 15.2. The average molecular weight is 392 g/mol. The Hall–Kier alpha value is -2.84. The van der Waals surface area contributed by atoms with Gasteiger partial charge in [0.25, 0.3) is 0 Å². The summed E-state index contributed by atoms with van der Waals surface area (Å²) in [5, 5.41) is 0. The molecule has 4 rings (SSSR count). The average Bonchev–Trinajstić information content (AvgIpc) is 3.29. The van der Waals surface area contributed by atoms with Crippen LogP contribution in [0.25, 0.3) is 0 Å². The number of alkyl halides is 3. The van der Waals surface area contributed by atoms with E-state index < -0.39 is 17.7 Å². The monoisotopic (exact) mass is 392 g/mol. The zero-order chi connectivity index (χ0) is 19.9. The van der Waals surface area contributed by atoms with Gasteiger partial charge in [-0.2, -0.15) is 13.2 Å². The van der Waals surface area contributed by atoms with E-state index in [0.29, 0.717) is 30.3 Å². The molecule has 2 fully saturated rings. The maximum Gasteiger partial charge on any atom is 0.416 e. The van der Waals surface area contributed by atoms with Crippen molar-refractivity contribution in [3.05, 3.63) is 47.8 Å². The minimum absolute atomic E-state index is 0.0989. The normalized spacial score (nSPS) is 21.3. The van der Waals surface area contributed by atoms with Crippen molar-refractivity contribution in [2.75, 3.05) is 29.5 Å². The number of nitrogens with zero attached hydrogens (tertiary/aromatic N) is 4. The highest BCUT2D eigenvalue weighted by Crippen LogP contribution is 2.38. The van der Waals surface area contributed by atoms with Crippen LogP contribution in [0.3, 0.4) is 0 Å². The minimum Gasteiger partial charge on any atom is -0.462 e. The van der Waals surface area contributed by atoms with Gasteiger partial charge in [0.15, 0.2) is 0 Å². The van der Waals surface area contributed by atoms with Crippen molar-refractivity contribution in [2.24, 2.45) is 0 Å². The fraction of sp³-hybridized carbons (Fsp3) is 0.421. The number of anilines is 2. The van der Waals surface area contributed by atoms with Gasteiger partial charge in [-0.05, 0) is 31.5 Å². The van der Waals surface area contributed by atoms with E-state index in [-0.39, 0.29) is 18.7 Å². The summed E-state index contributed by atoms with van der Waals surface area (Å²) < 4.78 is 43.9. The number of aromatic nitrogens is 2. The van der Waals surface area contributed by atoms with Gasteiger partial charge in [0, 0.05) is 37.2 Å².